The Hall–Kier alpha value is -1.71. The summed E-state index contributed by atoms with van der Waals surface area (Å²) < 4.78 is 5.80. The molecule has 5 heteroatoms. The quantitative estimate of drug-likeness (QED) is 0.811. The molecule has 0 amide bonds. The summed E-state index contributed by atoms with van der Waals surface area (Å²) in [5.74, 6) is 0.363. The fraction of sp³-hybridized carbons (Fsp3) is 0.133. The van der Waals surface area contributed by atoms with Gasteiger partial charge in [0.1, 0.15) is 6.10 Å². The second kappa shape index (κ2) is 5.35. The molecule has 0 aromatic heterocycles. The molecule has 0 bridgehead atoms. The third-order valence-corrected chi connectivity index (χ3v) is 3.61. The van der Waals surface area contributed by atoms with Crippen molar-refractivity contribution in [3.63, 3.8) is 0 Å². The number of aliphatic imine (C=N–C) groups is 1. The topological polar surface area (TPSA) is 43.9 Å². The summed E-state index contributed by atoms with van der Waals surface area (Å²) in [6.07, 6.45) is 2.21. The summed E-state index contributed by atoms with van der Waals surface area (Å²) >= 11 is 12.1. The van der Waals surface area contributed by atoms with Crippen LogP contribution in [-0.2, 0) is 6.42 Å². The molecular formula is C15H10Cl2N2O. The summed E-state index contributed by atoms with van der Waals surface area (Å²) in [6, 6.07) is 10.7. The molecule has 1 aliphatic rings. The Morgan fingerprint density at radius 3 is 2.60 bits per heavy atom. The standard InChI is InChI=1S/C15H10Cl2N2O/c16-12-6-10(18)7-13(17)15(12)20-11-5-9-3-1-2-4-14(9)19-8-11/h1-4,6-8,11H,5H2. The Morgan fingerprint density at radius 2 is 1.85 bits per heavy atom. The van der Waals surface area contributed by atoms with E-state index < -0.39 is 0 Å². The minimum Gasteiger partial charge on any atom is -0.481 e. The monoisotopic (exact) mass is 304 g/mol. The smallest absolute Gasteiger partial charge is 0.157 e. The number of fused-ring (bicyclic) bond motifs is 1. The third-order valence-electron chi connectivity index (χ3n) is 3.04. The Bertz CT molecular complexity index is 662. The number of nitrogens with zero attached hydrogens (tertiary/aromatic N) is 2. The van der Waals surface area contributed by atoms with Crippen LogP contribution in [0.2, 0.25) is 10.0 Å². The van der Waals surface area contributed by atoms with Gasteiger partial charge in [0.05, 0.1) is 21.4 Å². The highest BCUT2D eigenvalue weighted by Gasteiger charge is 2.19. The molecule has 0 saturated heterocycles. The van der Waals surface area contributed by atoms with Crippen molar-refractivity contribution in [3.05, 3.63) is 52.0 Å². The average molecular weight is 305 g/mol. The molecule has 20 heavy (non-hydrogen) atoms. The van der Waals surface area contributed by atoms with Crippen LogP contribution in [0, 0.1) is 0 Å². The maximum absolute atomic E-state index is 9.40. The molecule has 1 unspecified atom stereocenters. The summed E-state index contributed by atoms with van der Waals surface area (Å²) in [5.41, 5.74) is 11.5. The fourth-order valence-corrected chi connectivity index (χ4v) is 2.69. The summed E-state index contributed by atoms with van der Waals surface area (Å²) in [5, 5.41) is 0.560. The maximum Gasteiger partial charge on any atom is 0.157 e. The van der Waals surface area contributed by atoms with Gasteiger partial charge in [-0.05, 0) is 23.8 Å². The minimum absolute atomic E-state index is 0.00927. The number of para-hydroxylation sites is 1. The van der Waals surface area contributed by atoms with Crippen molar-refractivity contribution < 1.29 is 4.74 Å². The van der Waals surface area contributed by atoms with Crippen LogP contribution in [0.3, 0.4) is 0 Å². The van der Waals surface area contributed by atoms with Gasteiger partial charge >= 0.3 is 0 Å². The minimum atomic E-state index is -0.232. The van der Waals surface area contributed by atoms with Crippen LogP contribution in [0.5, 0.6) is 5.75 Å². The molecule has 0 N–H and O–H groups in total. The molecule has 0 saturated carbocycles. The number of ether oxygens (including phenoxy) is 1. The van der Waals surface area contributed by atoms with E-state index in [0.29, 0.717) is 12.2 Å². The van der Waals surface area contributed by atoms with Gasteiger partial charge in [0.2, 0.25) is 0 Å². The van der Waals surface area contributed by atoms with E-state index in [9.17, 15) is 5.73 Å². The Morgan fingerprint density at radius 1 is 1.15 bits per heavy atom. The highest BCUT2D eigenvalue weighted by Crippen LogP contribution is 2.37. The molecule has 0 fully saturated rings. The normalized spacial score (nSPS) is 16.8. The Balaban J connectivity index is 1.84. The first-order valence-corrected chi connectivity index (χ1v) is 6.86. The van der Waals surface area contributed by atoms with E-state index in [1.807, 2.05) is 24.3 Å². The van der Waals surface area contributed by atoms with Gasteiger partial charge in [0.15, 0.2) is 5.75 Å². The van der Waals surface area contributed by atoms with Gasteiger partial charge < -0.3 is 4.74 Å². The number of rotatable bonds is 2. The van der Waals surface area contributed by atoms with Gasteiger partial charge in [-0.3, -0.25) is 4.99 Å². The van der Waals surface area contributed by atoms with Crippen LogP contribution in [0.15, 0.2) is 41.4 Å². The van der Waals surface area contributed by atoms with Gasteiger partial charge in [-0.15, -0.1) is 0 Å². The Kier molecular flexibility index (Phi) is 3.55. The first-order valence-electron chi connectivity index (χ1n) is 6.10. The van der Waals surface area contributed by atoms with Crippen molar-refractivity contribution in [1.82, 2.24) is 5.73 Å². The molecule has 0 aliphatic carbocycles. The first kappa shape index (κ1) is 13.3. The number of benzene rings is 2. The lowest BCUT2D eigenvalue weighted by molar-refractivity contribution is 0.271. The van der Waals surface area contributed by atoms with Crippen molar-refractivity contribution in [3.8, 4) is 5.75 Å². The molecule has 2 radical (unpaired) electrons. The van der Waals surface area contributed by atoms with Gasteiger partial charge in [-0.25, -0.2) is 0 Å². The third kappa shape index (κ3) is 2.60. The van der Waals surface area contributed by atoms with Crippen LogP contribution in [-0.4, -0.2) is 12.3 Å². The molecule has 100 valence electrons. The van der Waals surface area contributed by atoms with Gasteiger partial charge in [-0.2, -0.15) is 5.73 Å². The fourth-order valence-electron chi connectivity index (χ4n) is 2.12. The molecule has 1 aliphatic heterocycles. The van der Waals surface area contributed by atoms with Crippen molar-refractivity contribution in [1.29, 1.82) is 0 Å². The Labute approximate surface area is 127 Å². The zero-order valence-electron chi connectivity index (χ0n) is 10.4. The molecule has 3 nitrogen and oxygen atoms in total. The zero-order chi connectivity index (χ0) is 14.1. The van der Waals surface area contributed by atoms with Crippen molar-refractivity contribution in [2.24, 2.45) is 4.99 Å². The molecule has 2 aromatic carbocycles. The lowest BCUT2D eigenvalue weighted by atomic mass is 10.0. The van der Waals surface area contributed by atoms with E-state index in [4.69, 9.17) is 27.9 Å². The largest absolute Gasteiger partial charge is 0.481 e. The van der Waals surface area contributed by atoms with Crippen LogP contribution in [0.1, 0.15) is 5.56 Å². The maximum atomic E-state index is 9.40. The predicted octanol–water partition coefficient (Wildman–Crippen LogP) is 4.40. The van der Waals surface area contributed by atoms with Crippen molar-refractivity contribution >= 4 is 40.8 Å². The molecule has 2 aromatic rings. The van der Waals surface area contributed by atoms with Crippen LogP contribution in [0.25, 0.3) is 0 Å². The predicted molar refractivity (Wildman–Crippen MR) is 81.0 cm³/mol. The van der Waals surface area contributed by atoms with Crippen molar-refractivity contribution in [2.75, 3.05) is 0 Å². The number of hydrogen-bond acceptors (Lipinski definition) is 2. The highest BCUT2D eigenvalue weighted by molar-refractivity contribution is 6.37. The highest BCUT2D eigenvalue weighted by atomic mass is 35.5. The second-order valence-electron chi connectivity index (χ2n) is 4.51. The average Bonchev–Trinajstić information content (AvgIpc) is 2.42. The first-order chi connectivity index (χ1) is 9.63. The lowest BCUT2D eigenvalue weighted by Gasteiger charge is -2.21. The van der Waals surface area contributed by atoms with Gasteiger partial charge in [0.25, 0.3) is 0 Å². The van der Waals surface area contributed by atoms with Crippen LogP contribution < -0.4 is 10.5 Å². The molecular weight excluding hydrogens is 295 g/mol. The zero-order valence-corrected chi connectivity index (χ0v) is 11.9. The van der Waals surface area contributed by atoms with Gasteiger partial charge in [0, 0.05) is 12.6 Å². The summed E-state index contributed by atoms with van der Waals surface area (Å²) in [7, 11) is 0. The number of halogens is 2. The van der Waals surface area contributed by atoms with E-state index in [-0.39, 0.29) is 21.8 Å². The summed E-state index contributed by atoms with van der Waals surface area (Å²) in [4.78, 5) is 4.36. The van der Waals surface area contributed by atoms with E-state index >= 15 is 0 Å². The summed E-state index contributed by atoms with van der Waals surface area (Å²) in [6.45, 7) is 0. The van der Waals surface area contributed by atoms with E-state index in [1.54, 1.807) is 6.21 Å². The van der Waals surface area contributed by atoms with E-state index in [1.165, 1.54) is 12.1 Å². The van der Waals surface area contributed by atoms with E-state index in [0.717, 1.165) is 11.3 Å². The second-order valence-corrected chi connectivity index (χ2v) is 5.32. The lowest BCUT2D eigenvalue weighted by Crippen LogP contribution is -2.23. The van der Waals surface area contributed by atoms with Crippen LogP contribution >= 0.6 is 23.2 Å². The SMILES string of the molecule is [N]c1cc(Cl)c(OC2C=Nc3ccccc3C2)c(Cl)c1. The van der Waals surface area contributed by atoms with Gasteiger partial charge in [-0.1, -0.05) is 41.4 Å². The van der Waals surface area contributed by atoms with Crippen LogP contribution in [0.4, 0.5) is 11.4 Å². The number of hydrogen-bond donors (Lipinski definition) is 0. The molecule has 3 rings (SSSR count). The molecule has 1 atom stereocenters. The van der Waals surface area contributed by atoms with Crippen molar-refractivity contribution in [2.45, 2.75) is 12.5 Å². The molecule has 0 spiro atoms. The molecule has 1 heterocycles. The van der Waals surface area contributed by atoms with E-state index in [2.05, 4.69) is 4.99 Å².